The van der Waals surface area contributed by atoms with Crippen molar-refractivity contribution in [1.29, 1.82) is 0 Å². The molecule has 5 rings (SSSR count). The molecule has 0 saturated carbocycles. The van der Waals surface area contributed by atoms with E-state index in [0.717, 1.165) is 27.5 Å². The SMILES string of the molecule is Cc1ccc(-c2cc(C(F)(F)F)nc3sc(C(N)=O)c(NC(=O)c4ccn(Cn5nc(C)c(Br)c5C)n4)c23)cc1. The fourth-order valence-electron chi connectivity index (χ4n) is 4.19. The first kappa shape index (κ1) is 27.5. The Morgan fingerprint density at radius 2 is 1.80 bits per heavy atom. The molecule has 4 aromatic heterocycles. The highest BCUT2D eigenvalue weighted by atomic mass is 79.9. The molecule has 2 amide bonds. The lowest BCUT2D eigenvalue weighted by molar-refractivity contribution is -0.140. The number of fused-ring (bicyclic) bond motifs is 1. The third-order valence-corrected chi connectivity index (χ3v) is 8.47. The number of carbonyl (C=O) groups is 2. The van der Waals surface area contributed by atoms with E-state index in [4.69, 9.17) is 5.73 Å². The number of carbonyl (C=O) groups excluding carboxylic acids is 2. The highest BCUT2D eigenvalue weighted by Gasteiger charge is 2.35. The normalized spacial score (nSPS) is 11.8. The van der Waals surface area contributed by atoms with Gasteiger partial charge in [-0.05, 0) is 60.0 Å². The fraction of sp³-hybridized carbons (Fsp3) is 0.192. The molecule has 3 N–H and O–H groups in total. The van der Waals surface area contributed by atoms with Crippen molar-refractivity contribution in [2.45, 2.75) is 33.6 Å². The molecular formula is C26H21BrF3N7O2S. The van der Waals surface area contributed by atoms with Gasteiger partial charge in [0.05, 0.1) is 21.5 Å². The first-order valence-electron chi connectivity index (χ1n) is 11.8. The summed E-state index contributed by atoms with van der Waals surface area (Å²) in [4.78, 5) is 29.2. The van der Waals surface area contributed by atoms with Crippen molar-refractivity contribution in [1.82, 2.24) is 24.5 Å². The number of benzene rings is 1. The lowest BCUT2D eigenvalue weighted by atomic mass is 10.00. The molecule has 14 heteroatoms. The Balaban J connectivity index is 1.57. The van der Waals surface area contributed by atoms with Gasteiger partial charge in [0.2, 0.25) is 0 Å². The van der Waals surface area contributed by atoms with E-state index >= 15 is 0 Å². The quantitative estimate of drug-likeness (QED) is 0.241. The smallest absolute Gasteiger partial charge is 0.365 e. The van der Waals surface area contributed by atoms with Crippen LogP contribution in [0.3, 0.4) is 0 Å². The summed E-state index contributed by atoms with van der Waals surface area (Å²) in [6, 6.07) is 9.22. The molecule has 0 spiro atoms. The van der Waals surface area contributed by atoms with Crippen molar-refractivity contribution >= 4 is 55.0 Å². The predicted molar refractivity (Wildman–Crippen MR) is 148 cm³/mol. The lowest BCUT2D eigenvalue weighted by Gasteiger charge is -2.12. The molecule has 40 heavy (non-hydrogen) atoms. The summed E-state index contributed by atoms with van der Waals surface area (Å²) in [5, 5.41) is 11.6. The van der Waals surface area contributed by atoms with Gasteiger partial charge in [-0.3, -0.25) is 14.3 Å². The average Bonchev–Trinajstić information content (AvgIpc) is 3.57. The topological polar surface area (TPSA) is 121 Å². The standard InChI is InChI=1S/C26H21BrF3N7O2S/c1-12-4-6-15(7-5-12)16-10-18(26(28,29)30)32-25-19(16)21(22(40-25)23(31)38)33-24(39)17-8-9-36(35-17)11-37-14(3)20(27)13(2)34-37/h4-10H,11H2,1-3H3,(H2,31,38)(H,33,39). The number of rotatable bonds is 6. The fourth-order valence-corrected chi connectivity index (χ4v) is 5.48. The second-order valence-electron chi connectivity index (χ2n) is 9.09. The van der Waals surface area contributed by atoms with Gasteiger partial charge < -0.3 is 11.1 Å². The maximum absolute atomic E-state index is 13.7. The minimum absolute atomic E-state index is 0.0205. The first-order chi connectivity index (χ1) is 18.8. The number of nitrogens with two attached hydrogens (primary N) is 1. The van der Waals surface area contributed by atoms with Crippen molar-refractivity contribution in [3.05, 3.63) is 80.3 Å². The van der Waals surface area contributed by atoms with Gasteiger partial charge in [0.15, 0.2) is 5.69 Å². The number of pyridine rings is 1. The van der Waals surface area contributed by atoms with Gasteiger partial charge in [0.1, 0.15) is 22.1 Å². The molecule has 0 bridgehead atoms. The minimum Gasteiger partial charge on any atom is -0.365 e. The van der Waals surface area contributed by atoms with Crippen LogP contribution in [0.15, 0.2) is 47.1 Å². The lowest BCUT2D eigenvalue weighted by Crippen LogP contribution is -2.18. The van der Waals surface area contributed by atoms with Gasteiger partial charge in [-0.1, -0.05) is 29.8 Å². The zero-order valence-electron chi connectivity index (χ0n) is 21.3. The van der Waals surface area contributed by atoms with Gasteiger partial charge in [0, 0.05) is 11.6 Å². The molecule has 0 aliphatic heterocycles. The van der Waals surface area contributed by atoms with Crippen LogP contribution in [0.1, 0.15) is 42.8 Å². The molecule has 0 atom stereocenters. The Morgan fingerprint density at radius 1 is 1.10 bits per heavy atom. The van der Waals surface area contributed by atoms with E-state index in [1.54, 1.807) is 35.1 Å². The van der Waals surface area contributed by atoms with E-state index in [1.807, 2.05) is 20.8 Å². The summed E-state index contributed by atoms with van der Waals surface area (Å²) in [7, 11) is 0. The second kappa shape index (κ2) is 10.2. The van der Waals surface area contributed by atoms with Crippen LogP contribution in [0.25, 0.3) is 21.3 Å². The molecule has 0 aliphatic rings. The molecule has 1 aromatic carbocycles. The Labute approximate surface area is 237 Å². The molecule has 206 valence electrons. The summed E-state index contributed by atoms with van der Waals surface area (Å²) in [6.45, 7) is 5.83. The van der Waals surface area contributed by atoms with Crippen LogP contribution in [0.4, 0.5) is 18.9 Å². The van der Waals surface area contributed by atoms with Crippen LogP contribution in [-0.2, 0) is 12.8 Å². The van der Waals surface area contributed by atoms with Crippen LogP contribution in [0.5, 0.6) is 0 Å². The average molecular weight is 632 g/mol. The Morgan fingerprint density at radius 3 is 2.40 bits per heavy atom. The third kappa shape index (κ3) is 5.11. The number of aryl methyl sites for hydroxylation is 2. The predicted octanol–water partition coefficient (Wildman–Crippen LogP) is 5.92. The van der Waals surface area contributed by atoms with E-state index in [1.165, 1.54) is 10.7 Å². The summed E-state index contributed by atoms with van der Waals surface area (Å²) in [5.41, 5.74) is 7.65. The molecule has 5 aromatic rings. The van der Waals surface area contributed by atoms with Crippen LogP contribution < -0.4 is 11.1 Å². The number of alkyl halides is 3. The molecule has 0 unspecified atom stereocenters. The maximum atomic E-state index is 13.7. The number of anilines is 1. The molecule has 9 nitrogen and oxygen atoms in total. The number of halogens is 4. The van der Waals surface area contributed by atoms with Crippen LogP contribution in [0, 0.1) is 20.8 Å². The van der Waals surface area contributed by atoms with Gasteiger partial charge in [-0.15, -0.1) is 11.3 Å². The number of aromatic nitrogens is 5. The first-order valence-corrected chi connectivity index (χ1v) is 13.4. The molecule has 4 heterocycles. The number of nitrogens with zero attached hydrogens (tertiary/aromatic N) is 5. The van der Waals surface area contributed by atoms with Crippen molar-refractivity contribution in [3.8, 4) is 11.1 Å². The van der Waals surface area contributed by atoms with Crippen LogP contribution in [-0.4, -0.2) is 36.4 Å². The third-order valence-electron chi connectivity index (χ3n) is 6.22. The van der Waals surface area contributed by atoms with Crippen molar-refractivity contribution in [2.75, 3.05) is 5.32 Å². The van der Waals surface area contributed by atoms with E-state index in [9.17, 15) is 22.8 Å². The van der Waals surface area contributed by atoms with Gasteiger partial charge >= 0.3 is 6.18 Å². The van der Waals surface area contributed by atoms with Crippen molar-refractivity contribution < 1.29 is 22.8 Å². The largest absolute Gasteiger partial charge is 0.433 e. The van der Waals surface area contributed by atoms with E-state index in [0.29, 0.717) is 16.9 Å². The summed E-state index contributed by atoms with van der Waals surface area (Å²) >= 11 is 4.15. The zero-order chi connectivity index (χ0) is 28.9. The maximum Gasteiger partial charge on any atom is 0.433 e. The molecule has 0 radical (unpaired) electrons. The van der Waals surface area contributed by atoms with E-state index in [2.05, 4.69) is 36.4 Å². The number of hydrogen-bond donors (Lipinski definition) is 2. The second-order valence-corrected chi connectivity index (χ2v) is 10.9. The molecule has 0 aliphatic carbocycles. The monoisotopic (exact) mass is 631 g/mol. The van der Waals surface area contributed by atoms with Crippen LogP contribution >= 0.6 is 27.3 Å². The number of amides is 2. The summed E-state index contributed by atoms with van der Waals surface area (Å²) in [5.74, 6) is -1.59. The molecule has 0 fully saturated rings. The van der Waals surface area contributed by atoms with Crippen molar-refractivity contribution in [2.24, 2.45) is 5.73 Å². The van der Waals surface area contributed by atoms with Gasteiger partial charge in [-0.25, -0.2) is 9.67 Å². The Hall–Kier alpha value is -4.04. The van der Waals surface area contributed by atoms with Crippen molar-refractivity contribution in [3.63, 3.8) is 0 Å². The minimum atomic E-state index is -4.73. The molecule has 0 saturated heterocycles. The Bertz CT molecular complexity index is 1790. The van der Waals surface area contributed by atoms with E-state index < -0.39 is 23.7 Å². The number of nitrogens with one attached hydrogen (secondary N) is 1. The number of hydrogen-bond acceptors (Lipinski definition) is 6. The van der Waals surface area contributed by atoms with Gasteiger partial charge in [0.25, 0.3) is 11.8 Å². The number of thiophene rings is 1. The number of primary amides is 1. The van der Waals surface area contributed by atoms with E-state index in [-0.39, 0.29) is 38.7 Å². The molecular weight excluding hydrogens is 611 g/mol. The van der Waals surface area contributed by atoms with Gasteiger partial charge in [-0.2, -0.15) is 23.4 Å². The summed E-state index contributed by atoms with van der Waals surface area (Å²) < 4.78 is 45.3. The summed E-state index contributed by atoms with van der Waals surface area (Å²) in [6.07, 6.45) is -3.14. The highest BCUT2D eigenvalue weighted by Crippen LogP contribution is 2.43. The van der Waals surface area contributed by atoms with Crippen LogP contribution in [0.2, 0.25) is 0 Å². The zero-order valence-corrected chi connectivity index (χ0v) is 23.7. The highest BCUT2D eigenvalue weighted by molar-refractivity contribution is 9.10. The Kier molecular flexibility index (Phi) is 7.00.